The van der Waals surface area contributed by atoms with Gasteiger partial charge < -0.3 is 8.75 Å². The first-order valence-electron chi connectivity index (χ1n) is 10.7. The van der Waals surface area contributed by atoms with Gasteiger partial charge in [0.2, 0.25) is 0 Å². The lowest BCUT2D eigenvalue weighted by molar-refractivity contribution is -0.0499. The van der Waals surface area contributed by atoms with E-state index < -0.39 is 15.6 Å². The van der Waals surface area contributed by atoms with E-state index in [2.05, 4.69) is 0 Å². The normalized spacial score (nSPS) is 12.7. The highest BCUT2D eigenvalue weighted by Gasteiger charge is 2.48. The number of hydrogen-bond acceptors (Lipinski definition) is 3. The van der Waals surface area contributed by atoms with Crippen molar-refractivity contribution in [3.8, 4) is 11.4 Å². The summed E-state index contributed by atoms with van der Waals surface area (Å²) in [6, 6.07) is 29.3. The average Bonchev–Trinajstić information content (AvgIpc) is 3.18. The molecule has 0 unspecified atom stereocenters. The molecular formula is C27H16F3NO3S. The number of para-hydroxylation sites is 1. The van der Waals surface area contributed by atoms with Crippen LogP contribution in [0.5, 0.6) is 5.75 Å². The van der Waals surface area contributed by atoms with Gasteiger partial charge in [0, 0.05) is 27.9 Å². The van der Waals surface area contributed by atoms with E-state index in [1.165, 1.54) is 6.07 Å². The van der Waals surface area contributed by atoms with Gasteiger partial charge in [0.05, 0.1) is 11.0 Å². The molecule has 0 N–H and O–H groups in total. The molecule has 0 saturated heterocycles. The van der Waals surface area contributed by atoms with Crippen LogP contribution >= 0.6 is 0 Å². The second-order valence-electron chi connectivity index (χ2n) is 8.15. The molecule has 4 nitrogen and oxygen atoms in total. The Morgan fingerprint density at radius 3 is 1.97 bits per heavy atom. The fraction of sp³-hybridized carbons (Fsp3) is 0.0370. The zero-order valence-corrected chi connectivity index (χ0v) is 18.8. The van der Waals surface area contributed by atoms with Gasteiger partial charge in [-0.15, -0.1) is 0 Å². The smallest absolute Gasteiger partial charge is 0.375 e. The molecule has 1 heterocycles. The third-order valence-corrected chi connectivity index (χ3v) is 7.09. The predicted molar refractivity (Wildman–Crippen MR) is 131 cm³/mol. The molecule has 0 atom stereocenters. The van der Waals surface area contributed by atoms with Crippen LogP contribution in [0.3, 0.4) is 0 Å². The number of aromatic nitrogens is 1. The zero-order chi connectivity index (χ0) is 24.4. The van der Waals surface area contributed by atoms with Crippen molar-refractivity contribution in [1.29, 1.82) is 0 Å². The highest BCUT2D eigenvalue weighted by atomic mass is 32.2. The van der Waals surface area contributed by atoms with E-state index in [-0.39, 0.29) is 11.1 Å². The fourth-order valence-electron chi connectivity index (χ4n) is 4.70. The molecule has 0 saturated carbocycles. The van der Waals surface area contributed by atoms with Crippen LogP contribution in [0.25, 0.3) is 49.0 Å². The van der Waals surface area contributed by atoms with Crippen molar-refractivity contribution in [2.75, 3.05) is 0 Å². The van der Waals surface area contributed by atoms with Crippen molar-refractivity contribution in [3.05, 3.63) is 97.1 Å². The SMILES string of the molecule is O=S(=O)(Oc1cc2c(c3ccccc13)c1c3ccccc3ccc1n2-c1ccccc1)C(F)(F)F. The molecule has 35 heavy (non-hydrogen) atoms. The van der Waals surface area contributed by atoms with E-state index in [1.807, 2.05) is 71.3 Å². The lowest BCUT2D eigenvalue weighted by Gasteiger charge is -2.13. The minimum Gasteiger partial charge on any atom is -0.375 e. The van der Waals surface area contributed by atoms with E-state index in [4.69, 9.17) is 4.18 Å². The monoisotopic (exact) mass is 491 g/mol. The van der Waals surface area contributed by atoms with Crippen molar-refractivity contribution >= 4 is 53.5 Å². The molecule has 6 aromatic rings. The maximum absolute atomic E-state index is 13.2. The Balaban J connectivity index is 1.84. The lowest BCUT2D eigenvalue weighted by Crippen LogP contribution is -2.28. The Bertz CT molecular complexity index is 1880. The lowest BCUT2D eigenvalue weighted by atomic mass is 9.99. The van der Waals surface area contributed by atoms with E-state index in [0.29, 0.717) is 10.9 Å². The molecule has 0 radical (unpaired) electrons. The Labute approximate surface area is 197 Å². The van der Waals surface area contributed by atoms with Crippen LogP contribution in [0.15, 0.2) is 97.1 Å². The van der Waals surface area contributed by atoms with Gasteiger partial charge >= 0.3 is 15.6 Å². The summed E-state index contributed by atoms with van der Waals surface area (Å²) < 4.78 is 70.1. The molecular weight excluding hydrogens is 475 g/mol. The highest BCUT2D eigenvalue weighted by Crippen LogP contribution is 2.44. The van der Waals surface area contributed by atoms with Crippen molar-refractivity contribution in [2.45, 2.75) is 5.51 Å². The van der Waals surface area contributed by atoms with Gasteiger partial charge in [-0.05, 0) is 34.4 Å². The molecule has 0 aliphatic carbocycles. The molecule has 0 aliphatic heterocycles. The Kier molecular flexibility index (Phi) is 4.59. The third kappa shape index (κ3) is 3.24. The van der Waals surface area contributed by atoms with Crippen LogP contribution in [0.4, 0.5) is 13.2 Å². The van der Waals surface area contributed by atoms with Gasteiger partial charge in [-0.25, -0.2) is 0 Å². The summed E-state index contributed by atoms with van der Waals surface area (Å²) in [4.78, 5) is 0. The number of alkyl halides is 3. The van der Waals surface area contributed by atoms with Gasteiger partial charge in [0.25, 0.3) is 0 Å². The minimum atomic E-state index is -5.86. The molecule has 0 spiro atoms. The largest absolute Gasteiger partial charge is 0.534 e. The summed E-state index contributed by atoms with van der Waals surface area (Å²) in [7, 11) is -5.86. The first-order chi connectivity index (χ1) is 16.8. The summed E-state index contributed by atoms with van der Waals surface area (Å²) in [6.45, 7) is 0. The van der Waals surface area contributed by atoms with Gasteiger partial charge in [0.15, 0.2) is 5.75 Å². The molecule has 174 valence electrons. The average molecular weight is 491 g/mol. The summed E-state index contributed by atoms with van der Waals surface area (Å²) >= 11 is 0. The summed E-state index contributed by atoms with van der Waals surface area (Å²) in [5.74, 6) is -0.380. The van der Waals surface area contributed by atoms with E-state index >= 15 is 0 Å². The minimum absolute atomic E-state index is 0.271. The topological polar surface area (TPSA) is 48.3 Å². The van der Waals surface area contributed by atoms with Crippen LogP contribution in [0, 0.1) is 0 Å². The molecule has 0 bridgehead atoms. The third-order valence-electron chi connectivity index (χ3n) is 6.12. The number of rotatable bonds is 3. The number of hydrogen-bond donors (Lipinski definition) is 0. The van der Waals surface area contributed by atoms with Gasteiger partial charge in [-0.3, -0.25) is 0 Å². The second kappa shape index (κ2) is 7.48. The van der Waals surface area contributed by atoms with Crippen molar-refractivity contribution in [3.63, 3.8) is 0 Å². The molecule has 5 aromatic carbocycles. The summed E-state index contributed by atoms with van der Waals surface area (Å²) in [6.07, 6.45) is 0. The Morgan fingerprint density at radius 1 is 0.657 bits per heavy atom. The standard InChI is InChI=1S/C27H16F3NO3S/c28-27(29,30)35(32,33)34-24-16-23-26(21-13-7-6-12-20(21)24)25-19-11-5-4-8-17(19)14-15-22(25)31(23)18-9-2-1-3-10-18/h1-16H. The fourth-order valence-corrected chi connectivity index (χ4v) is 5.16. The van der Waals surface area contributed by atoms with Crippen LogP contribution in [-0.4, -0.2) is 18.5 Å². The van der Waals surface area contributed by atoms with Crippen molar-refractivity contribution in [2.24, 2.45) is 0 Å². The summed E-state index contributed by atoms with van der Waals surface area (Å²) in [5.41, 5.74) is -3.40. The molecule has 0 amide bonds. The van der Waals surface area contributed by atoms with Crippen LogP contribution < -0.4 is 4.18 Å². The van der Waals surface area contributed by atoms with E-state index in [0.717, 1.165) is 32.7 Å². The van der Waals surface area contributed by atoms with Crippen LogP contribution in [-0.2, 0) is 10.1 Å². The Morgan fingerprint density at radius 2 is 1.26 bits per heavy atom. The summed E-state index contributed by atoms with van der Waals surface area (Å²) in [5, 5.41) is 4.57. The van der Waals surface area contributed by atoms with Crippen molar-refractivity contribution < 1.29 is 25.8 Å². The maximum atomic E-state index is 13.2. The van der Waals surface area contributed by atoms with Crippen LogP contribution in [0.2, 0.25) is 0 Å². The number of nitrogens with zero attached hydrogens (tertiary/aromatic N) is 1. The first-order valence-corrected chi connectivity index (χ1v) is 12.1. The maximum Gasteiger partial charge on any atom is 0.534 e. The molecule has 1 aromatic heterocycles. The molecule has 8 heteroatoms. The van der Waals surface area contributed by atoms with Gasteiger partial charge in [0.1, 0.15) is 0 Å². The second-order valence-corrected chi connectivity index (χ2v) is 9.69. The molecule has 0 aliphatic rings. The van der Waals surface area contributed by atoms with Gasteiger partial charge in [-0.1, -0.05) is 72.8 Å². The number of fused-ring (bicyclic) bond motifs is 7. The number of halogens is 3. The van der Waals surface area contributed by atoms with Crippen molar-refractivity contribution in [1.82, 2.24) is 4.57 Å². The quantitative estimate of drug-likeness (QED) is 0.193. The first kappa shape index (κ1) is 21.5. The highest BCUT2D eigenvalue weighted by molar-refractivity contribution is 7.88. The van der Waals surface area contributed by atoms with Gasteiger partial charge in [-0.2, -0.15) is 21.6 Å². The van der Waals surface area contributed by atoms with E-state index in [1.54, 1.807) is 24.3 Å². The molecule has 0 fully saturated rings. The Hall–Kier alpha value is -4.04. The van der Waals surface area contributed by atoms with E-state index in [9.17, 15) is 21.6 Å². The zero-order valence-electron chi connectivity index (χ0n) is 18.0. The number of benzene rings is 5. The van der Waals surface area contributed by atoms with Crippen LogP contribution in [0.1, 0.15) is 0 Å². The predicted octanol–water partition coefficient (Wildman–Crippen LogP) is 7.32. The molecule has 6 rings (SSSR count).